The normalized spacial score (nSPS) is 33.2. The molecule has 0 heterocycles. The zero-order chi connectivity index (χ0) is 34.3. The highest BCUT2D eigenvalue weighted by molar-refractivity contribution is 8.00. The smallest absolute Gasteiger partial charge is 0.488 e. The van der Waals surface area contributed by atoms with Gasteiger partial charge < -0.3 is 29.9 Å². The number of aliphatic hydroxyl groups excluding tert-OH is 1. The van der Waals surface area contributed by atoms with Crippen LogP contribution in [0.5, 0.6) is 5.75 Å². The first-order valence-corrected chi connectivity index (χ1v) is 17.3. The van der Waals surface area contributed by atoms with Crippen LogP contribution in [0.25, 0.3) is 0 Å². The number of nitrogens with one attached hydrogen (secondary N) is 1. The molecule has 47 heavy (non-hydrogen) atoms. The second-order valence-electron chi connectivity index (χ2n) is 14.2. The Labute approximate surface area is 281 Å². The van der Waals surface area contributed by atoms with Crippen molar-refractivity contribution in [3.05, 3.63) is 60.7 Å². The summed E-state index contributed by atoms with van der Waals surface area (Å²) in [5.41, 5.74) is -0.853. The minimum Gasteiger partial charge on any atom is -0.496 e. The van der Waals surface area contributed by atoms with E-state index in [0.717, 1.165) is 24.2 Å². The number of Topliss-reactive ketones (excluding diaryl/α,β-unsaturated/α-hetero) is 1. The summed E-state index contributed by atoms with van der Waals surface area (Å²) < 4.78 is 11.6. The summed E-state index contributed by atoms with van der Waals surface area (Å²) in [6.45, 7) is 12.4. The number of hydrogen-bond donors (Lipinski definition) is 4. The number of rotatable bonds is 9. The molecule has 2 bridgehead atoms. The Morgan fingerprint density at radius 3 is 2.57 bits per heavy atom. The van der Waals surface area contributed by atoms with E-state index in [9.17, 15) is 29.5 Å². The Hall–Kier alpha value is -3.12. The van der Waals surface area contributed by atoms with Crippen molar-refractivity contribution >= 4 is 47.7 Å². The number of methoxy groups -OCH3 is 1. The zero-order valence-corrected chi connectivity index (χ0v) is 28.6. The number of aliphatic hydroxyl groups is 1. The summed E-state index contributed by atoms with van der Waals surface area (Å²) in [5, 5.41) is 33.6. The number of ether oxygens (including phenoxy) is 2. The standard InChI is InChI=1S/C36H46BNO8S/c1-7-34(4)19-29(35(5)21(2)13-15-36(22(3)32(34)41)16-14-27(39)31(35)36)46-30(40)20-47-25-10-8-9-24(18-25)38-33(42)26-17-23(37(43)44)11-12-28(26)45-6/h7-12,17-18,21-22,29,31-32,41,43-44H,1,13-16,19-20H2,2-6H3,(H,38,42)/t21-,22+,29-,31+,32+,34-,35+,36+/m1/s1. The fraction of sp³-hybridized carbons (Fsp3) is 0.528. The number of anilines is 1. The summed E-state index contributed by atoms with van der Waals surface area (Å²) in [6.07, 6.45) is 3.86. The molecule has 252 valence electrons. The van der Waals surface area contributed by atoms with Gasteiger partial charge in [-0.05, 0) is 78.7 Å². The van der Waals surface area contributed by atoms with E-state index in [1.54, 1.807) is 24.3 Å². The van der Waals surface area contributed by atoms with Gasteiger partial charge in [0.1, 0.15) is 17.6 Å². The van der Waals surface area contributed by atoms with Crippen LogP contribution in [0.15, 0.2) is 60.0 Å². The average Bonchev–Trinajstić information content (AvgIpc) is 3.41. The summed E-state index contributed by atoms with van der Waals surface area (Å²) in [5.74, 6) is -0.648. The molecule has 3 fully saturated rings. The third-order valence-electron chi connectivity index (χ3n) is 11.8. The van der Waals surface area contributed by atoms with Crippen LogP contribution < -0.4 is 15.5 Å². The van der Waals surface area contributed by atoms with Gasteiger partial charge in [0.2, 0.25) is 0 Å². The third-order valence-corrected chi connectivity index (χ3v) is 12.8. The van der Waals surface area contributed by atoms with Gasteiger partial charge in [0.05, 0.1) is 24.5 Å². The number of carbonyl (C=O) groups excluding carboxylic acids is 3. The Morgan fingerprint density at radius 1 is 1.15 bits per heavy atom. The topological polar surface area (TPSA) is 142 Å². The summed E-state index contributed by atoms with van der Waals surface area (Å²) >= 11 is 1.27. The van der Waals surface area contributed by atoms with Crippen LogP contribution in [0.3, 0.4) is 0 Å². The molecule has 11 heteroatoms. The molecule has 0 saturated heterocycles. The SMILES string of the molecule is C=C[C@]1(C)C[C@@H](OC(=O)CSc2cccc(NC(=O)c3cc(B(O)O)ccc3OC)c2)[C@]2(C)[C@H](C)CC[C@]3(CCC(=O)[C@H]32)[C@@H](C)[C@@H]1O. The molecule has 8 atom stereocenters. The zero-order valence-electron chi connectivity index (χ0n) is 27.8. The predicted octanol–water partition coefficient (Wildman–Crippen LogP) is 4.63. The molecule has 4 N–H and O–H groups in total. The van der Waals surface area contributed by atoms with Crippen LogP contribution in [0.4, 0.5) is 5.69 Å². The Morgan fingerprint density at radius 2 is 1.89 bits per heavy atom. The number of ketones is 1. The number of hydrogen-bond acceptors (Lipinski definition) is 9. The highest BCUT2D eigenvalue weighted by atomic mass is 32.2. The third kappa shape index (κ3) is 6.27. The first-order chi connectivity index (χ1) is 22.2. The van der Waals surface area contributed by atoms with Crippen molar-refractivity contribution in [3.8, 4) is 5.75 Å². The minimum absolute atomic E-state index is 0.0101. The van der Waals surface area contributed by atoms with Crippen LogP contribution in [0.1, 0.15) is 70.2 Å². The highest BCUT2D eigenvalue weighted by Gasteiger charge is 2.68. The molecule has 3 aliphatic rings. The van der Waals surface area contributed by atoms with E-state index in [1.165, 1.54) is 37.1 Å². The van der Waals surface area contributed by atoms with Crippen LogP contribution in [-0.2, 0) is 14.3 Å². The van der Waals surface area contributed by atoms with Gasteiger partial charge in [0.15, 0.2) is 0 Å². The molecule has 3 saturated carbocycles. The maximum absolute atomic E-state index is 13.6. The molecular weight excluding hydrogens is 617 g/mol. The molecular formula is C36H46BNO8S. The lowest BCUT2D eigenvalue weighted by Gasteiger charge is -2.61. The molecule has 0 spiro atoms. The van der Waals surface area contributed by atoms with Crippen LogP contribution in [-0.4, -0.2) is 65.0 Å². The van der Waals surface area contributed by atoms with E-state index in [2.05, 4.69) is 32.7 Å². The van der Waals surface area contributed by atoms with Gasteiger partial charge in [0.25, 0.3) is 5.91 Å². The van der Waals surface area contributed by atoms with Crippen molar-refractivity contribution in [2.45, 2.75) is 76.9 Å². The van der Waals surface area contributed by atoms with Crippen molar-refractivity contribution in [1.82, 2.24) is 0 Å². The molecule has 0 unspecified atom stereocenters. The number of thioether (sulfide) groups is 1. The minimum atomic E-state index is -1.74. The molecule has 0 aromatic heterocycles. The predicted molar refractivity (Wildman–Crippen MR) is 183 cm³/mol. The summed E-state index contributed by atoms with van der Waals surface area (Å²) in [7, 11) is -0.315. The van der Waals surface area contributed by atoms with Gasteiger partial charge >= 0.3 is 13.1 Å². The highest BCUT2D eigenvalue weighted by Crippen LogP contribution is 2.68. The lowest BCUT2D eigenvalue weighted by molar-refractivity contribution is -0.205. The Kier molecular flexibility index (Phi) is 10.0. The molecule has 1 amide bonds. The van der Waals surface area contributed by atoms with Crippen LogP contribution >= 0.6 is 11.8 Å². The summed E-state index contributed by atoms with van der Waals surface area (Å²) in [4.78, 5) is 41.0. The maximum Gasteiger partial charge on any atom is 0.488 e. The molecule has 3 aliphatic carbocycles. The van der Waals surface area contributed by atoms with Gasteiger partial charge in [-0.2, -0.15) is 0 Å². The lowest BCUT2D eigenvalue weighted by Crippen LogP contribution is -2.63. The molecule has 2 aromatic rings. The van der Waals surface area contributed by atoms with Gasteiger partial charge in [-0.25, -0.2) is 0 Å². The number of benzene rings is 2. The molecule has 0 aliphatic heterocycles. The first-order valence-electron chi connectivity index (χ1n) is 16.3. The fourth-order valence-corrected chi connectivity index (χ4v) is 9.50. The number of carbonyl (C=O) groups is 3. The molecule has 5 rings (SSSR count). The largest absolute Gasteiger partial charge is 0.496 e. The van der Waals surface area contributed by atoms with E-state index >= 15 is 0 Å². The second-order valence-corrected chi connectivity index (χ2v) is 15.2. The van der Waals surface area contributed by atoms with E-state index in [1.807, 2.05) is 13.0 Å². The molecule has 2 aromatic carbocycles. The van der Waals surface area contributed by atoms with Crippen molar-refractivity contribution in [2.24, 2.45) is 34.0 Å². The van der Waals surface area contributed by atoms with Gasteiger partial charge in [-0.15, -0.1) is 18.3 Å². The average molecular weight is 664 g/mol. The summed E-state index contributed by atoms with van der Waals surface area (Å²) in [6, 6.07) is 11.4. The van der Waals surface area contributed by atoms with E-state index in [4.69, 9.17) is 9.47 Å². The van der Waals surface area contributed by atoms with Crippen molar-refractivity contribution in [2.75, 3.05) is 18.2 Å². The fourth-order valence-electron chi connectivity index (χ4n) is 8.76. The van der Waals surface area contributed by atoms with Gasteiger partial charge in [0, 0.05) is 33.8 Å². The van der Waals surface area contributed by atoms with Crippen LogP contribution in [0.2, 0.25) is 0 Å². The van der Waals surface area contributed by atoms with Gasteiger partial charge in [-0.1, -0.05) is 45.9 Å². The first kappa shape index (κ1) is 35.2. The van der Waals surface area contributed by atoms with Crippen LogP contribution in [0, 0.1) is 34.0 Å². The second kappa shape index (κ2) is 13.4. The van der Waals surface area contributed by atoms with Crippen molar-refractivity contribution < 1.29 is 39.0 Å². The lowest BCUT2D eigenvalue weighted by atomic mass is 9.44. The molecule has 0 radical (unpaired) electrons. The number of esters is 1. The maximum atomic E-state index is 13.6. The quantitative estimate of drug-likeness (QED) is 0.131. The van der Waals surface area contributed by atoms with Crippen molar-refractivity contribution in [1.29, 1.82) is 0 Å². The van der Waals surface area contributed by atoms with E-state index in [-0.39, 0.29) is 51.5 Å². The number of amides is 1. The van der Waals surface area contributed by atoms with Gasteiger partial charge in [-0.3, -0.25) is 14.4 Å². The Bertz CT molecular complexity index is 1550. The Balaban J connectivity index is 1.33. The monoisotopic (exact) mass is 663 g/mol. The van der Waals surface area contributed by atoms with E-state index < -0.39 is 42.0 Å². The van der Waals surface area contributed by atoms with E-state index in [0.29, 0.717) is 18.5 Å². The van der Waals surface area contributed by atoms with Crippen molar-refractivity contribution in [3.63, 3.8) is 0 Å². The molecule has 9 nitrogen and oxygen atoms in total.